The molecule has 1 aromatic carbocycles. The summed E-state index contributed by atoms with van der Waals surface area (Å²) >= 11 is 3.25. The fourth-order valence-electron chi connectivity index (χ4n) is 1.30. The lowest BCUT2D eigenvalue weighted by Gasteiger charge is -2.06. The molecule has 0 aliphatic carbocycles. The third-order valence-electron chi connectivity index (χ3n) is 2.17. The average molecular weight is 322 g/mol. The van der Waals surface area contributed by atoms with Gasteiger partial charge in [-0.1, -0.05) is 22.0 Å². The van der Waals surface area contributed by atoms with Crippen molar-refractivity contribution in [1.29, 1.82) is 0 Å². The minimum atomic E-state index is -3.39. The molecule has 0 aliphatic heterocycles. The van der Waals surface area contributed by atoms with Crippen LogP contribution in [0.15, 0.2) is 33.6 Å². The van der Waals surface area contributed by atoms with Crippen LogP contribution in [-0.4, -0.2) is 28.7 Å². The van der Waals surface area contributed by atoms with Crippen molar-refractivity contribution in [3.05, 3.63) is 28.7 Å². The van der Waals surface area contributed by atoms with Crippen LogP contribution in [0.4, 0.5) is 0 Å². The van der Waals surface area contributed by atoms with Gasteiger partial charge < -0.3 is 4.74 Å². The summed E-state index contributed by atoms with van der Waals surface area (Å²) in [5.41, 5.74) is 0. The van der Waals surface area contributed by atoms with E-state index in [9.17, 15) is 8.42 Å². The van der Waals surface area contributed by atoms with Gasteiger partial charge in [-0.05, 0) is 31.0 Å². The molecule has 17 heavy (non-hydrogen) atoms. The Kier molecular flexibility index (Phi) is 6.11. The van der Waals surface area contributed by atoms with Gasteiger partial charge in [0.2, 0.25) is 10.0 Å². The van der Waals surface area contributed by atoms with E-state index in [2.05, 4.69) is 20.7 Å². The summed E-state index contributed by atoms with van der Waals surface area (Å²) in [4.78, 5) is 0.276. The predicted molar refractivity (Wildman–Crippen MR) is 70.4 cm³/mol. The molecule has 0 bridgehead atoms. The zero-order chi connectivity index (χ0) is 12.7. The molecule has 6 heteroatoms. The number of ether oxygens (including phenoxy) is 1. The highest BCUT2D eigenvalue weighted by molar-refractivity contribution is 9.10. The third kappa shape index (κ3) is 5.16. The molecule has 4 nitrogen and oxygen atoms in total. The highest BCUT2D eigenvalue weighted by Gasteiger charge is 2.12. The lowest BCUT2D eigenvalue weighted by atomic mass is 10.3. The van der Waals surface area contributed by atoms with Gasteiger partial charge in [-0.3, -0.25) is 0 Å². The lowest BCUT2D eigenvalue weighted by Crippen LogP contribution is -2.24. The molecule has 0 radical (unpaired) electrons. The Morgan fingerprint density at radius 2 is 2.12 bits per heavy atom. The maximum atomic E-state index is 11.9. The molecule has 0 unspecified atom stereocenters. The van der Waals surface area contributed by atoms with Crippen LogP contribution in [0, 0.1) is 0 Å². The zero-order valence-electron chi connectivity index (χ0n) is 9.65. The van der Waals surface area contributed by atoms with Crippen LogP contribution in [-0.2, 0) is 14.8 Å². The number of halogens is 1. The van der Waals surface area contributed by atoms with Crippen LogP contribution >= 0.6 is 15.9 Å². The van der Waals surface area contributed by atoms with E-state index < -0.39 is 10.0 Å². The van der Waals surface area contributed by atoms with E-state index in [1.54, 1.807) is 31.4 Å². The number of hydrogen-bond acceptors (Lipinski definition) is 3. The molecule has 1 N–H and O–H groups in total. The first-order valence-electron chi connectivity index (χ1n) is 5.30. The van der Waals surface area contributed by atoms with Crippen molar-refractivity contribution in [2.24, 2.45) is 0 Å². The zero-order valence-corrected chi connectivity index (χ0v) is 12.1. The maximum Gasteiger partial charge on any atom is 0.240 e. The molecule has 0 spiro atoms. The fraction of sp³-hybridized carbons (Fsp3) is 0.455. The summed E-state index contributed by atoms with van der Waals surface area (Å²) in [5.74, 6) is 0. The molecule has 0 heterocycles. The van der Waals surface area contributed by atoms with Crippen LogP contribution in [0.1, 0.15) is 12.8 Å². The van der Waals surface area contributed by atoms with Crippen molar-refractivity contribution in [2.45, 2.75) is 17.7 Å². The van der Waals surface area contributed by atoms with Crippen LogP contribution < -0.4 is 4.72 Å². The van der Waals surface area contributed by atoms with Gasteiger partial charge in [0.05, 0.1) is 4.90 Å². The number of nitrogens with one attached hydrogen (secondary N) is 1. The van der Waals surface area contributed by atoms with Gasteiger partial charge in [0, 0.05) is 24.7 Å². The molecule has 0 aliphatic rings. The smallest absolute Gasteiger partial charge is 0.240 e. The largest absolute Gasteiger partial charge is 0.385 e. The van der Waals surface area contributed by atoms with Gasteiger partial charge in [-0.25, -0.2) is 13.1 Å². The molecule has 0 fully saturated rings. The number of methoxy groups -OCH3 is 1. The summed E-state index contributed by atoms with van der Waals surface area (Å²) < 4.78 is 31.9. The van der Waals surface area contributed by atoms with E-state index in [0.717, 1.165) is 17.3 Å². The Morgan fingerprint density at radius 3 is 2.76 bits per heavy atom. The second kappa shape index (κ2) is 7.10. The second-order valence-electron chi connectivity index (χ2n) is 3.56. The Morgan fingerprint density at radius 1 is 1.35 bits per heavy atom. The molecule has 0 saturated heterocycles. The summed E-state index contributed by atoms with van der Waals surface area (Å²) in [6.45, 7) is 1.08. The predicted octanol–water partition coefficient (Wildman–Crippen LogP) is 2.15. The van der Waals surface area contributed by atoms with Gasteiger partial charge in [0.15, 0.2) is 0 Å². The summed E-state index contributed by atoms with van der Waals surface area (Å²) in [6, 6.07) is 6.64. The Labute approximate surface area is 111 Å². The van der Waals surface area contributed by atoms with E-state index >= 15 is 0 Å². The Hall–Kier alpha value is -0.430. The molecule has 0 aromatic heterocycles. The first kappa shape index (κ1) is 14.6. The van der Waals surface area contributed by atoms with Crippen molar-refractivity contribution in [2.75, 3.05) is 20.3 Å². The fourth-order valence-corrected chi connectivity index (χ4v) is 2.97. The normalized spacial score (nSPS) is 11.6. The lowest BCUT2D eigenvalue weighted by molar-refractivity contribution is 0.193. The number of sulfonamides is 1. The molecule has 0 amide bonds. The van der Waals surface area contributed by atoms with E-state index in [-0.39, 0.29) is 4.90 Å². The molecule has 0 atom stereocenters. The van der Waals surface area contributed by atoms with Gasteiger partial charge in [0.1, 0.15) is 0 Å². The molecule has 0 saturated carbocycles. The highest BCUT2D eigenvalue weighted by atomic mass is 79.9. The number of benzene rings is 1. The topological polar surface area (TPSA) is 55.4 Å². The minimum Gasteiger partial charge on any atom is -0.385 e. The molecule has 1 rings (SSSR count). The van der Waals surface area contributed by atoms with Crippen molar-refractivity contribution in [3.63, 3.8) is 0 Å². The summed E-state index contributed by atoms with van der Waals surface area (Å²) in [7, 11) is -1.76. The van der Waals surface area contributed by atoms with Gasteiger partial charge in [-0.15, -0.1) is 0 Å². The first-order valence-corrected chi connectivity index (χ1v) is 7.58. The van der Waals surface area contributed by atoms with Crippen molar-refractivity contribution >= 4 is 26.0 Å². The molecule has 96 valence electrons. The highest BCUT2D eigenvalue weighted by Crippen LogP contribution is 2.15. The van der Waals surface area contributed by atoms with E-state index in [1.165, 1.54) is 0 Å². The van der Waals surface area contributed by atoms with Crippen LogP contribution in [0.3, 0.4) is 0 Å². The third-order valence-corrected chi connectivity index (χ3v) is 4.13. The van der Waals surface area contributed by atoms with E-state index in [1.807, 2.05) is 0 Å². The number of rotatable bonds is 7. The van der Waals surface area contributed by atoms with Crippen LogP contribution in [0.25, 0.3) is 0 Å². The number of unbranched alkanes of at least 4 members (excludes halogenated alkanes) is 1. The first-order chi connectivity index (χ1) is 8.06. The van der Waals surface area contributed by atoms with Crippen LogP contribution in [0.5, 0.6) is 0 Å². The van der Waals surface area contributed by atoms with E-state index in [0.29, 0.717) is 13.2 Å². The molecule has 1 aromatic rings. The quantitative estimate of drug-likeness (QED) is 0.783. The second-order valence-corrected chi connectivity index (χ2v) is 6.24. The monoisotopic (exact) mass is 321 g/mol. The SMILES string of the molecule is COCCCCNS(=O)(=O)c1cccc(Br)c1. The van der Waals surface area contributed by atoms with Crippen molar-refractivity contribution in [3.8, 4) is 0 Å². The van der Waals surface area contributed by atoms with Crippen molar-refractivity contribution < 1.29 is 13.2 Å². The van der Waals surface area contributed by atoms with Gasteiger partial charge in [-0.2, -0.15) is 0 Å². The van der Waals surface area contributed by atoms with Gasteiger partial charge >= 0.3 is 0 Å². The minimum absolute atomic E-state index is 0.276. The van der Waals surface area contributed by atoms with E-state index in [4.69, 9.17) is 4.74 Å². The van der Waals surface area contributed by atoms with Crippen molar-refractivity contribution in [1.82, 2.24) is 4.72 Å². The van der Waals surface area contributed by atoms with Crippen LogP contribution in [0.2, 0.25) is 0 Å². The molecular formula is C11H16BrNO3S. The summed E-state index contributed by atoms with van der Waals surface area (Å²) in [5, 5.41) is 0. The average Bonchev–Trinajstić information content (AvgIpc) is 2.29. The maximum absolute atomic E-state index is 11.9. The van der Waals surface area contributed by atoms with Gasteiger partial charge in [0.25, 0.3) is 0 Å². The Balaban J connectivity index is 2.51. The molecular weight excluding hydrogens is 306 g/mol. The Bertz CT molecular complexity index is 448. The number of hydrogen-bond donors (Lipinski definition) is 1. The summed E-state index contributed by atoms with van der Waals surface area (Å²) in [6.07, 6.45) is 1.61. The standard InChI is InChI=1S/C11H16BrNO3S/c1-16-8-3-2-7-13-17(14,15)11-6-4-5-10(12)9-11/h4-6,9,13H,2-3,7-8H2,1H3.